The summed E-state index contributed by atoms with van der Waals surface area (Å²) in [5.41, 5.74) is 3.38. The molecule has 0 saturated carbocycles. The van der Waals surface area contributed by atoms with Crippen molar-refractivity contribution in [3.63, 3.8) is 0 Å². The maximum atomic E-state index is 12.9. The maximum absolute atomic E-state index is 12.9. The molecule has 0 fully saturated rings. The first kappa shape index (κ1) is 18.4. The number of hydrazine groups is 1. The standard InChI is InChI=1S/C21H17ClN4OS/c22-15-5-7-16(8-6-15)26(23)21(27)20-19(10-12-28-20)25-13-14-9-11-24-18-4-2-1-3-17(14)18/h1-12,25H,13,23H2. The van der Waals surface area contributed by atoms with Crippen LogP contribution in [-0.2, 0) is 6.54 Å². The number of benzene rings is 2. The van der Waals surface area contributed by atoms with Gasteiger partial charge >= 0.3 is 0 Å². The van der Waals surface area contributed by atoms with Crippen LogP contribution in [0.2, 0.25) is 5.02 Å². The lowest BCUT2D eigenvalue weighted by molar-refractivity contribution is 0.0991. The summed E-state index contributed by atoms with van der Waals surface area (Å²) in [6.07, 6.45) is 1.79. The molecule has 2 aromatic carbocycles. The van der Waals surface area contributed by atoms with Gasteiger partial charge < -0.3 is 5.32 Å². The number of para-hydroxylation sites is 1. The van der Waals surface area contributed by atoms with Gasteiger partial charge in [0, 0.05) is 23.2 Å². The van der Waals surface area contributed by atoms with Gasteiger partial charge in [0.1, 0.15) is 4.88 Å². The first-order valence-corrected chi connectivity index (χ1v) is 9.88. The Hall–Kier alpha value is -2.93. The number of nitrogens with one attached hydrogen (secondary N) is 1. The molecule has 0 aliphatic rings. The zero-order valence-electron chi connectivity index (χ0n) is 14.8. The van der Waals surface area contributed by atoms with E-state index in [9.17, 15) is 4.79 Å². The summed E-state index contributed by atoms with van der Waals surface area (Å²) in [6, 6.07) is 18.7. The number of nitrogens with zero attached hydrogens (tertiary/aromatic N) is 2. The molecule has 2 aromatic heterocycles. The highest BCUT2D eigenvalue weighted by atomic mass is 35.5. The molecule has 0 atom stereocenters. The van der Waals surface area contributed by atoms with E-state index in [-0.39, 0.29) is 5.91 Å². The molecule has 3 N–H and O–H groups in total. The monoisotopic (exact) mass is 408 g/mol. The molecule has 0 saturated heterocycles. The van der Waals surface area contributed by atoms with Gasteiger partial charge in [0.2, 0.25) is 0 Å². The van der Waals surface area contributed by atoms with Crippen molar-refractivity contribution in [2.24, 2.45) is 5.84 Å². The Morgan fingerprint density at radius 1 is 1.11 bits per heavy atom. The quantitative estimate of drug-likeness (QED) is 0.274. The minimum Gasteiger partial charge on any atom is -0.380 e. The van der Waals surface area contributed by atoms with E-state index in [2.05, 4.69) is 10.3 Å². The van der Waals surface area contributed by atoms with Gasteiger partial charge in [-0.3, -0.25) is 9.78 Å². The summed E-state index contributed by atoms with van der Waals surface area (Å²) in [5, 5.41) is 8.04. The van der Waals surface area contributed by atoms with Crippen molar-refractivity contribution in [2.75, 3.05) is 10.3 Å². The summed E-state index contributed by atoms with van der Waals surface area (Å²) >= 11 is 7.26. The van der Waals surface area contributed by atoms with Crippen LogP contribution in [0.25, 0.3) is 10.9 Å². The molecule has 4 aromatic rings. The van der Waals surface area contributed by atoms with E-state index in [1.165, 1.54) is 11.3 Å². The Morgan fingerprint density at radius 2 is 1.89 bits per heavy atom. The first-order valence-electron chi connectivity index (χ1n) is 8.62. The largest absolute Gasteiger partial charge is 0.380 e. The van der Waals surface area contributed by atoms with Gasteiger partial charge in [-0.2, -0.15) is 0 Å². The molecule has 0 aliphatic carbocycles. The Balaban J connectivity index is 1.54. The van der Waals surface area contributed by atoms with Crippen LogP contribution >= 0.6 is 22.9 Å². The van der Waals surface area contributed by atoms with Crippen LogP contribution < -0.4 is 16.2 Å². The number of hydrogen-bond acceptors (Lipinski definition) is 5. The van der Waals surface area contributed by atoms with E-state index in [0.29, 0.717) is 22.1 Å². The molecule has 1 amide bonds. The van der Waals surface area contributed by atoms with Crippen molar-refractivity contribution in [1.82, 2.24) is 4.98 Å². The highest BCUT2D eigenvalue weighted by molar-refractivity contribution is 7.12. The summed E-state index contributed by atoms with van der Waals surface area (Å²) < 4.78 is 0. The fourth-order valence-corrected chi connectivity index (χ4v) is 3.87. The number of halogens is 1. The van der Waals surface area contributed by atoms with Crippen molar-refractivity contribution >= 4 is 51.1 Å². The molecule has 2 heterocycles. The molecule has 28 heavy (non-hydrogen) atoms. The van der Waals surface area contributed by atoms with Crippen LogP contribution in [0.5, 0.6) is 0 Å². The number of rotatable bonds is 5. The number of hydrogen-bond donors (Lipinski definition) is 2. The molecule has 0 spiro atoms. The number of anilines is 2. The van der Waals surface area contributed by atoms with Crippen LogP contribution in [0, 0.1) is 0 Å². The second-order valence-electron chi connectivity index (χ2n) is 6.16. The van der Waals surface area contributed by atoms with Gasteiger partial charge in [0.05, 0.1) is 16.9 Å². The third-order valence-corrected chi connectivity index (χ3v) is 5.55. The molecular formula is C21H17ClN4OS. The van der Waals surface area contributed by atoms with E-state index in [1.807, 2.05) is 41.8 Å². The number of amides is 1. The Kier molecular flexibility index (Phi) is 5.25. The molecule has 140 valence electrons. The second-order valence-corrected chi connectivity index (χ2v) is 7.51. The lowest BCUT2D eigenvalue weighted by Gasteiger charge is -2.17. The average molecular weight is 409 g/mol. The predicted molar refractivity (Wildman–Crippen MR) is 116 cm³/mol. The summed E-state index contributed by atoms with van der Waals surface area (Å²) in [5.74, 6) is 5.76. The topological polar surface area (TPSA) is 71.2 Å². The normalized spacial score (nSPS) is 10.8. The molecule has 0 aliphatic heterocycles. The first-order chi connectivity index (χ1) is 13.6. The Morgan fingerprint density at radius 3 is 2.71 bits per heavy atom. The molecule has 4 rings (SSSR count). The highest BCUT2D eigenvalue weighted by Gasteiger charge is 2.19. The number of fused-ring (bicyclic) bond motifs is 1. The Labute approximate surface area is 171 Å². The van der Waals surface area contributed by atoms with Crippen molar-refractivity contribution in [3.05, 3.63) is 87.7 Å². The number of aromatic nitrogens is 1. The molecule has 5 nitrogen and oxygen atoms in total. The molecule has 0 bridgehead atoms. The van der Waals surface area contributed by atoms with E-state index >= 15 is 0 Å². The van der Waals surface area contributed by atoms with Gasteiger partial charge in [0.25, 0.3) is 5.91 Å². The van der Waals surface area contributed by atoms with Crippen LogP contribution in [0.1, 0.15) is 15.2 Å². The van der Waals surface area contributed by atoms with Crippen LogP contribution in [0.4, 0.5) is 11.4 Å². The van der Waals surface area contributed by atoms with Crippen molar-refractivity contribution in [3.8, 4) is 0 Å². The maximum Gasteiger partial charge on any atom is 0.284 e. The number of pyridine rings is 1. The van der Waals surface area contributed by atoms with E-state index < -0.39 is 0 Å². The van der Waals surface area contributed by atoms with Crippen molar-refractivity contribution in [2.45, 2.75) is 6.54 Å². The Bertz CT molecular complexity index is 1120. The van der Waals surface area contributed by atoms with Gasteiger partial charge in [0.15, 0.2) is 0 Å². The van der Waals surface area contributed by atoms with Gasteiger partial charge in [-0.25, -0.2) is 10.9 Å². The van der Waals surface area contributed by atoms with Crippen molar-refractivity contribution in [1.29, 1.82) is 0 Å². The molecular weight excluding hydrogens is 392 g/mol. The highest BCUT2D eigenvalue weighted by Crippen LogP contribution is 2.27. The number of carbonyl (C=O) groups excluding carboxylic acids is 1. The fraction of sp³-hybridized carbons (Fsp3) is 0.0476. The van der Waals surface area contributed by atoms with E-state index in [0.717, 1.165) is 27.2 Å². The van der Waals surface area contributed by atoms with E-state index in [1.54, 1.807) is 30.5 Å². The van der Waals surface area contributed by atoms with E-state index in [4.69, 9.17) is 17.4 Å². The van der Waals surface area contributed by atoms with Gasteiger partial charge in [-0.05, 0) is 53.4 Å². The third-order valence-electron chi connectivity index (χ3n) is 4.39. The second kappa shape index (κ2) is 7.98. The fourth-order valence-electron chi connectivity index (χ4n) is 2.94. The zero-order chi connectivity index (χ0) is 19.5. The summed E-state index contributed by atoms with van der Waals surface area (Å²) in [7, 11) is 0. The average Bonchev–Trinajstić information content (AvgIpc) is 3.20. The number of carbonyl (C=O) groups is 1. The smallest absolute Gasteiger partial charge is 0.284 e. The third kappa shape index (κ3) is 3.71. The summed E-state index contributed by atoms with van der Waals surface area (Å²) in [4.78, 5) is 17.8. The molecule has 0 unspecified atom stereocenters. The van der Waals surface area contributed by atoms with Crippen LogP contribution in [-0.4, -0.2) is 10.9 Å². The number of nitrogens with two attached hydrogens (primary N) is 1. The van der Waals surface area contributed by atoms with Crippen LogP contribution in [0.15, 0.2) is 72.2 Å². The molecule has 7 heteroatoms. The van der Waals surface area contributed by atoms with Crippen LogP contribution in [0.3, 0.4) is 0 Å². The minimum absolute atomic E-state index is 0.278. The lowest BCUT2D eigenvalue weighted by atomic mass is 10.1. The van der Waals surface area contributed by atoms with Gasteiger partial charge in [-0.1, -0.05) is 29.8 Å². The zero-order valence-corrected chi connectivity index (χ0v) is 16.4. The minimum atomic E-state index is -0.278. The lowest BCUT2D eigenvalue weighted by Crippen LogP contribution is -2.37. The van der Waals surface area contributed by atoms with Gasteiger partial charge in [-0.15, -0.1) is 11.3 Å². The number of thiophene rings is 1. The van der Waals surface area contributed by atoms with Crippen molar-refractivity contribution < 1.29 is 4.79 Å². The predicted octanol–water partition coefficient (Wildman–Crippen LogP) is 5.08. The molecule has 0 radical (unpaired) electrons. The SMILES string of the molecule is NN(C(=O)c1sccc1NCc1ccnc2ccccc12)c1ccc(Cl)cc1. The summed E-state index contributed by atoms with van der Waals surface area (Å²) in [6.45, 7) is 0.575.